The van der Waals surface area contributed by atoms with Crippen LogP contribution in [0.1, 0.15) is 26.2 Å². The molecule has 4 nitrogen and oxygen atoms in total. The van der Waals surface area contributed by atoms with E-state index >= 15 is 0 Å². The normalized spacial score (nSPS) is 15.4. The van der Waals surface area contributed by atoms with Crippen LogP contribution in [0.3, 0.4) is 0 Å². The highest BCUT2D eigenvalue weighted by Gasteiger charge is 2.22. The van der Waals surface area contributed by atoms with Gasteiger partial charge in [0, 0.05) is 25.1 Å². The number of carbonyl (C=O) groups excluding carboxylic acids is 3. The Kier molecular flexibility index (Phi) is 3.56. The van der Waals surface area contributed by atoms with Crippen LogP contribution in [0.5, 0.6) is 0 Å². The minimum Gasteiger partial charge on any atom is -0.300 e. The van der Waals surface area contributed by atoms with Crippen LogP contribution in [-0.2, 0) is 14.4 Å². The lowest BCUT2D eigenvalue weighted by atomic mass is 10.2. The van der Waals surface area contributed by atoms with E-state index in [1.807, 2.05) is 0 Å². The molecular weight excluding hydrogens is 182 g/mol. The second kappa shape index (κ2) is 4.69. The monoisotopic (exact) mass is 195 g/mol. The van der Waals surface area contributed by atoms with Crippen molar-refractivity contribution >= 4 is 17.6 Å². The zero-order valence-electron chi connectivity index (χ0n) is 8.16. The third kappa shape index (κ3) is 2.80. The first-order valence-corrected chi connectivity index (χ1v) is 4.64. The number of ketones is 1. The Bertz CT molecular complexity index is 276. The fraction of sp³-hybridized carbons (Fsp3) is 0.500. The summed E-state index contributed by atoms with van der Waals surface area (Å²) in [6.07, 6.45) is 4.48. The van der Waals surface area contributed by atoms with Gasteiger partial charge < -0.3 is 4.79 Å². The lowest BCUT2D eigenvalue weighted by Crippen LogP contribution is -2.30. The van der Waals surface area contributed by atoms with Crippen LogP contribution in [0.4, 0.5) is 0 Å². The van der Waals surface area contributed by atoms with Gasteiger partial charge in [-0.05, 0) is 19.8 Å². The molecule has 1 rings (SSSR count). The van der Waals surface area contributed by atoms with Gasteiger partial charge in [0.2, 0.25) is 0 Å². The van der Waals surface area contributed by atoms with E-state index in [1.54, 1.807) is 0 Å². The average Bonchev–Trinajstić information content (AvgIpc) is 2.42. The largest absolute Gasteiger partial charge is 0.300 e. The van der Waals surface area contributed by atoms with Gasteiger partial charge in [-0.1, -0.05) is 0 Å². The van der Waals surface area contributed by atoms with Gasteiger partial charge in [-0.2, -0.15) is 0 Å². The molecule has 0 atom stereocenters. The van der Waals surface area contributed by atoms with Crippen molar-refractivity contribution < 1.29 is 14.4 Å². The zero-order chi connectivity index (χ0) is 10.6. The number of hydrogen-bond donors (Lipinski definition) is 0. The maximum Gasteiger partial charge on any atom is 0.253 e. The van der Waals surface area contributed by atoms with E-state index in [1.165, 1.54) is 24.0 Å². The Morgan fingerprint density at radius 3 is 2.29 bits per heavy atom. The summed E-state index contributed by atoms with van der Waals surface area (Å²) in [4.78, 5) is 33.9. The number of amides is 2. The molecule has 0 saturated heterocycles. The minimum atomic E-state index is -0.252. The molecule has 1 aliphatic rings. The van der Waals surface area contributed by atoms with Crippen molar-refractivity contribution in [3.8, 4) is 0 Å². The Labute approximate surface area is 82.6 Å². The first-order chi connectivity index (χ1) is 6.61. The molecule has 0 N–H and O–H groups in total. The van der Waals surface area contributed by atoms with Crippen molar-refractivity contribution in [3.05, 3.63) is 12.2 Å². The van der Waals surface area contributed by atoms with Crippen molar-refractivity contribution in [1.82, 2.24) is 4.90 Å². The van der Waals surface area contributed by atoms with Crippen LogP contribution < -0.4 is 0 Å². The molecule has 0 bridgehead atoms. The van der Waals surface area contributed by atoms with Crippen molar-refractivity contribution in [1.29, 1.82) is 0 Å². The van der Waals surface area contributed by atoms with Gasteiger partial charge in [0.25, 0.3) is 11.8 Å². The third-order valence-electron chi connectivity index (χ3n) is 2.06. The van der Waals surface area contributed by atoms with Crippen LogP contribution >= 0.6 is 0 Å². The van der Waals surface area contributed by atoms with Gasteiger partial charge in [0.05, 0.1) is 0 Å². The Morgan fingerprint density at radius 2 is 1.79 bits per heavy atom. The lowest BCUT2D eigenvalue weighted by Gasteiger charge is -2.12. The summed E-state index contributed by atoms with van der Waals surface area (Å²) in [5, 5.41) is 0. The molecule has 76 valence electrons. The third-order valence-corrected chi connectivity index (χ3v) is 2.06. The molecule has 14 heavy (non-hydrogen) atoms. The lowest BCUT2D eigenvalue weighted by molar-refractivity contribution is -0.136. The van der Waals surface area contributed by atoms with Crippen LogP contribution in [0, 0.1) is 0 Å². The van der Waals surface area contributed by atoms with E-state index in [-0.39, 0.29) is 17.6 Å². The van der Waals surface area contributed by atoms with Crippen LogP contribution in [0.2, 0.25) is 0 Å². The first-order valence-electron chi connectivity index (χ1n) is 4.64. The van der Waals surface area contributed by atoms with E-state index in [4.69, 9.17) is 0 Å². The summed E-state index contributed by atoms with van der Waals surface area (Å²) in [7, 11) is 0. The van der Waals surface area contributed by atoms with Crippen molar-refractivity contribution in [2.75, 3.05) is 6.54 Å². The summed E-state index contributed by atoms with van der Waals surface area (Å²) in [6.45, 7) is 1.95. The molecule has 4 heteroatoms. The van der Waals surface area contributed by atoms with E-state index in [9.17, 15) is 14.4 Å². The number of carbonyl (C=O) groups is 3. The van der Waals surface area contributed by atoms with Crippen LogP contribution in [-0.4, -0.2) is 29.0 Å². The number of unbranched alkanes of at least 4 members (excludes halogenated alkanes) is 1. The molecule has 0 saturated carbocycles. The fourth-order valence-electron chi connectivity index (χ4n) is 1.30. The average molecular weight is 195 g/mol. The standard InChI is InChI=1S/C10H13NO3/c1-8(12)4-2-3-7-11-9(13)5-6-10(11)14/h5-6H,2-4,7H2,1H3. The van der Waals surface area contributed by atoms with E-state index < -0.39 is 0 Å². The molecule has 0 unspecified atom stereocenters. The number of rotatable bonds is 5. The highest BCUT2D eigenvalue weighted by atomic mass is 16.2. The van der Waals surface area contributed by atoms with Crippen LogP contribution in [0.25, 0.3) is 0 Å². The van der Waals surface area contributed by atoms with Gasteiger partial charge in [0.1, 0.15) is 5.78 Å². The quantitative estimate of drug-likeness (QED) is 0.478. The van der Waals surface area contributed by atoms with Crippen molar-refractivity contribution in [2.45, 2.75) is 26.2 Å². The molecular formula is C10H13NO3. The van der Waals surface area contributed by atoms with Gasteiger partial charge in [-0.3, -0.25) is 14.5 Å². The highest BCUT2D eigenvalue weighted by molar-refractivity contribution is 6.12. The maximum atomic E-state index is 11.1. The molecule has 1 heterocycles. The Morgan fingerprint density at radius 1 is 1.21 bits per heavy atom. The summed E-state index contributed by atoms with van der Waals surface area (Å²) in [6, 6.07) is 0. The van der Waals surface area contributed by atoms with Gasteiger partial charge in [-0.25, -0.2) is 0 Å². The van der Waals surface area contributed by atoms with Crippen LogP contribution in [0.15, 0.2) is 12.2 Å². The Hall–Kier alpha value is -1.45. The smallest absolute Gasteiger partial charge is 0.253 e. The second-order valence-electron chi connectivity index (χ2n) is 3.32. The topological polar surface area (TPSA) is 54.5 Å². The molecule has 2 amide bonds. The molecule has 0 aromatic carbocycles. The number of hydrogen-bond acceptors (Lipinski definition) is 3. The zero-order valence-corrected chi connectivity index (χ0v) is 8.16. The van der Waals surface area contributed by atoms with Gasteiger partial charge in [-0.15, -0.1) is 0 Å². The van der Waals surface area contributed by atoms with Gasteiger partial charge in [0.15, 0.2) is 0 Å². The van der Waals surface area contributed by atoms with E-state index in [0.29, 0.717) is 19.4 Å². The van der Waals surface area contributed by atoms with E-state index in [2.05, 4.69) is 0 Å². The van der Waals surface area contributed by atoms with Crippen molar-refractivity contribution in [2.24, 2.45) is 0 Å². The highest BCUT2D eigenvalue weighted by Crippen LogP contribution is 2.06. The molecule has 0 aliphatic carbocycles. The first kappa shape index (κ1) is 10.6. The predicted molar refractivity (Wildman–Crippen MR) is 50.4 cm³/mol. The molecule has 0 aromatic rings. The summed E-state index contributed by atoms with van der Waals surface area (Å²) >= 11 is 0. The molecule has 1 aliphatic heterocycles. The predicted octanol–water partition coefficient (Wildman–Crippen LogP) is 0.671. The van der Waals surface area contributed by atoms with E-state index in [0.717, 1.165) is 6.42 Å². The number of imide groups is 1. The van der Waals surface area contributed by atoms with Crippen molar-refractivity contribution in [3.63, 3.8) is 0 Å². The Balaban J connectivity index is 2.22. The molecule has 0 radical (unpaired) electrons. The molecule has 0 fully saturated rings. The summed E-state index contributed by atoms with van der Waals surface area (Å²) < 4.78 is 0. The summed E-state index contributed by atoms with van der Waals surface area (Å²) in [5.74, 6) is -0.363. The summed E-state index contributed by atoms with van der Waals surface area (Å²) in [5.41, 5.74) is 0. The fourth-order valence-corrected chi connectivity index (χ4v) is 1.30. The maximum absolute atomic E-state index is 11.1. The number of Topliss-reactive ketones (excluding diaryl/α,β-unsaturated/α-hetero) is 1. The SMILES string of the molecule is CC(=O)CCCCN1C(=O)C=CC1=O. The second-order valence-corrected chi connectivity index (χ2v) is 3.32. The molecule has 0 aromatic heterocycles. The van der Waals surface area contributed by atoms with Gasteiger partial charge >= 0.3 is 0 Å². The number of nitrogens with zero attached hydrogens (tertiary/aromatic N) is 1. The molecule has 0 spiro atoms. The minimum absolute atomic E-state index is 0.141.